The Morgan fingerprint density at radius 1 is 0.794 bits per heavy atom. The van der Waals surface area contributed by atoms with Crippen molar-refractivity contribution in [3.63, 3.8) is 0 Å². The van der Waals surface area contributed by atoms with E-state index in [0.29, 0.717) is 39.0 Å². The van der Waals surface area contributed by atoms with Crippen LogP contribution >= 0.6 is 11.6 Å². The van der Waals surface area contributed by atoms with Crippen LogP contribution in [0.2, 0.25) is 5.02 Å². The van der Waals surface area contributed by atoms with Crippen LogP contribution in [-0.4, -0.2) is 39.7 Å². The summed E-state index contributed by atoms with van der Waals surface area (Å²) in [6.45, 7) is 0. The lowest BCUT2D eigenvalue weighted by Gasteiger charge is -2.17. The largest absolute Gasteiger partial charge is 0.493 e. The Balaban J connectivity index is 1.80. The first kappa shape index (κ1) is 23.4. The van der Waals surface area contributed by atoms with Crippen LogP contribution in [0.5, 0.6) is 17.2 Å². The van der Waals surface area contributed by atoms with E-state index in [2.05, 4.69) is 20.0 Å². The average Bonchev–Trinajstić information content (AvgIpc) is 2.83. The zero-order valence-corrected chi connectivity index (χ0v) is 20.1. The summed E-state index contributed by atoms with van der Waals surface area (Å²) in [5, 5.41) is 3.54. The molecule has 0 radical (unpaired) electrons. The van der Waals surface area contributed by atoms with Gasteiger partial charge in [0, 0.05) is 22.8 Å². The normalized spacial score (nSPS) is 11.2. The number of benzene rings is 3. The quantitative estimate of drug-likeness (QED) is 0.353. The molecule has 0 spiro atoms. The molecule has 0 saturated heterocycles. The number of fused-ring (bicyclic) bond motifs is 1. The van der Waals surface area contributed by atoms with Gasteiger partial charge in [-0.3, -0.25) is 4.72 Å². The van der Waals surface area contributed by atoms with Crippen molar-refractivity contribution in [3.8, 4) is 17.2 Å². The van der Waals surface area contributed by atoms with Crippen molar-refractivity contribution < 1.29 is 22.6 Å². The van der Waals surface area contributed by atoms with Gasteiger partial charge in [-0.1, -0.05) is 23.7 Å². The molecule has 176 valence electrons. The van der Waals surface area contributed by atoms with Gasteiger partial charge in [0.15, 0.2) is 23.1 Å². The molecule has 0 aliphatic carbocycles. The second-order valence-electron chi connectivity index (χ2n) is 7.01. The molecule has 0 bridgehead atoms. The first-order chi connectivity index (χ1) is 16.3. The Morgan fingerprint density at radius 3 is 1.88 bits per heavy atom. The summed E-state index contributed by atoms with van der Waals surface area (Å²) in [4.78, 5) is 9.10. The Kier molecular flexibility index (Phi) is 6.62. The molecule has 0 aliphatic heterocycles. The van der Waals surface area contributed by atoms with Crippen LogP contribution in [0.15, 0.2) is 65.6 Å². The van der Waals surface area contributed by atoms with Gasteiger partial charge >= 0.3 is 0 Å². The molecule has 1 heterocycles. The van der Waals surface area contributed by atoms with Gasteiger partial charge in [0.1, 0.15) is 0 Å². The third-order valence-electron chi connectivity index (χ3n) is 4.85. The predicted molar refractivity (Wildman–Crippen MR) is 131 cm³/mol. The van der Waals surface area contributed by atoms with Crippen molar-refractivity contribution in [3.05, 3.63) is 65.7 Å². The zero-order valence-electron chi connectivity index (χ0n) is 18.5. The number of para-hydroxylation sites is 2. The van der Waals surface area contributed by atoms with Crippen LogP contribution in [0.25, 0.3) is 11.0 Å². The third-order valence-corrected chi connectivity index (χ3v) is 6.46. The summed E-state index contributed by atoms with van der Waals surface area (Å²) in [5.74, 6) is 1.46. The van der Waals surface area contributed by atoms with Crippen LogP contribution in [0.4, 0.5) is 17.3 Å². The molecule has 34 heavy (non-hydrogen) atoms. The van der Waals surface area contributed by atoms with Gasteiger partial charge in [-0.05, 0) is 36.4 Å². The molecular formula is C23H21ClN4O5S. The minimum Gasteiger partial charge on any atom is -0.493 e. The fourth-order valence-corrected chi connectivity index (χ4v) is 4.38. The number of hydrogen-bond donors (Lipinski definition) is 2. The lowest BCUT2D eigenvalue weighted by atomic mass is 10.2. The maximum atomic E-state index is 13.0. The SMILES string of the molecule is COc1cc(Nc2nc3ccccc3nc2NS(=O)(=O)c2ccc(Cl)cc2)cc(OC)c1OC. The highest BCUT2D eigenvalue weighted by Gasteiger charge is 2.20. The van der Waals surface area contributed by atoms with Crippen molar-refractivity contribution >= 4 is 50.0 Å². The summed E-state index contributed by atoms with van der Waals surface area (Å²) in [6, 6.07) is 16.3. The maximum absolute atomic E-state index is 13.0. The molecule has 0 aliphatic rings. The number of anilines is 3. The van der Waals surface area contributed by atoms with Crippen molar-refractivity contribution in [2.45, 2.75) is 4.90 Å². The number of methoxy groups -OCH3 is 3. The molecule has 4 aromatic rings. The van der Waals surface area contributed by atoms with Crippen LogP contribution in [0.1, 0.15) is 0 Å². The molecule has 4 rings (SSSR count). The number of rotatable bonds is 8. The van der Waals surface area contributed by atoms with Gasteiger partial charge in [0.05, 0.1) is 37.3 Å². The highest BCUT2D eigenvalue weighted by atomic mass is 35.5. The van der Waals surface area contributed by atoms with E-state index in [1.807, 2.05) is 6.07 Å². The van der Waals surface area contributed by atoms with E-state index in [4.69, 9.17) is 25.8 Å². The molecule has 0 fully saturated rings. The first-order valence-corrected chi connectivity index (χ1v) is 11.8. The molecule has 11 heteroatoms. The summed E-state index contributed by atoms with van der Waals surface area (Å²) in [6.07, 6.45) is 0. The second kappa shape index (κ2) is 9.62. The lowest BCUT2D eigenvalue weighted by molar-refractivity contribution is 0.324. The van der Waals surface area contributed by atoms with Gasteiger partial charge in [0.2, 0.25) is 5.75 Å². The van der Waals surface area contributed by atoms with Crippen LogP contribution in [0.3, 0.4) is 0 Å². The number of nitrogens with zero attached hydrogens (tertiary/aromatic N) is 2. The third kappa shape index (κ3) is 4.78. The van der Waals surface area contributed by atoms with Crippen LogP contribution in [0, 0.1) is 0 Å². The monoisotopic (exact) mass is 500 g/mol. The van der Waals surface area contributed by atoms with Gasteiger partial charge in [-0.2, -0.15) is 0 Å². The fraction of sp³-hybridized carbons (Fsp3) is 0.130. The molecule has 3 aromatic carbocycles. The number of halogens is 1. The Morgan fingerprint density at radius 2 is 1.35 bits per heavy atom. The number of sulfonamides is 1. The smallest absolute Gasteiger partial charge is 0.263 e. The minimum atomic E-state index is -3.97. The number of hydrogen-bond acceptors (Lipinski definition) is 8. The molecule has 0 unspecified atom stereocenters. The number of aromatic nitrogens is 2. The van der Waals surface area contributed by atoms with Crippen molar-refractivity contribution in [1.82, 2.24) is 9.97 Å². The highest BCUT2D eigenvalue weighted by Crippen LogP contribution is 2.41. The molecular weight excluding hydrogens is 480 g/mol. The maximum Gasteiger partial charge on any atom is 0.263 e. The molecule has 2 N–H and O–H groups in total. The Hall–Kier alpha value is -3.76. The fourth-order valence-electron chi connectivity index (χ4n) is 3.25. The van der Waals surface area contributed by atoms with Crippen molar-refractivity contribution in [2.75, 3.05) is 31.4 Å². The van der Waals surface area contributed by atoms with E-state index in [1.165, 1.54) is 45.6 Å². The van der Waals surface area contributed by atoms with E-state index in [9.17, 15) is 8.42 Å². The van der Waals surface area contributed by atoms with Crippen molar-refractivity contribution in [2.24, 2.45) is 0 Å². The Labute approximate surface area is 201 Å². The molecule has 9 nitrogen and oxygen atoms in total. The summed E-state index contributed by atoms with van der Waals surface area (Å²) >= 11 is 5.90. The standard InChI is InChI=1S/C23H21ClN4O5S/c1-31-19-12-15(13-20(32-2)21(19)33-3)25-22-23(27-18-7-5-4-6-17(18)26-22)28-34(29,30)16-10-8-14(24)9-11-16/h4-13H,1-3H3,(H,25,26)(H,27,28). The Bertz CT molecular complexity index is 1420. The van der Waals surface area contributed by atoms with Gasteiger partial charge in [0.25, 0.3) is 10.0 Å². The van der Waals surface area contributed by atoms with E-state index < -0.39 is 10.0 Å². The minimum absolute atomic E-state index is 0.0161. The summed E-state index contributed by atoms with van der Waals surface area (Å²) in [7, 11) is 0.541. The molecule has 0 amide bonds. The summed E-state index contributed by atoms with van der Waals surface area (Å²) in [5.41, 5.74) is 1.62. The van der Waals surface area contributed by atoms with E-state index in [-0.39, 0.29) is 16.5 Å². The van der Waals surface area contributed by atoms with E-state index in [0.717, 1.165) is 0 Å². The van der Waals surface area contributed by atoms with Crippen LogP contribution in [-0.2, 0) is 10.0 Å². The molecule has 1 aromatic heterocycles. The topological polar surface area (TPSA) is 112 Å². The molecule has 0 saturated carbocycles. The number of nitrogens with one attached hydrogen (secondary N) is 2. The average molecular weight is 501 g/mol. The van der Waals surface area contributed by atoms with Crippen molar-refractivity contribution in [1.29, 1.82) is 0 Å². The zero-order chi connectivity index (χ0) is 24.3. The summed E-state index contributed by atoms with van der Waals surface area (Å²) < 4.78 is 44.7. The van der Waals surface area contributed by atoms with Crippen LogP contribution < -0.4 is 24.2 Å². The first-order valence-electron chi connectivity index (χ1n) is 9.97. The van der Waals surface area contributed by atoms with Gasteiger partial charge in [-0.25, -0.2) is 18.4 Å². The predicted octanol–water partition coefficient (Wildman–Crippen LogP) is 4.85. The number of ether oxygens (including phenoxy) is 3. The van der Waals surface area contributed by atoms with E-state index in [1.54, 1.807) is 30.3 Å². The molecule has 0 atom stereocenters. The lowest BCUT2D eigenvalue weighted by Crippen LogP contribution is -2.16. The van der Waals surface area contributed by atoms with Gasteiger partial charge in [-0.15, -0.1) is 0 Å². The highest BCUT2D eigenvalue weighted by molar-refractivity contribution is 7.92. The van der Waals surface area contributed by atoms with E-state index >= 15 is 0 Å². The second-order valence-corrected chi connectivity index (χ2v) is 9.13. The van der Waals surface area contributed by atoms with Gasteiger partial charge < -0.3 is 19.5 Å².